The van der Waals surface area contributed by atoms with Crippen LogP contribution in [0.25, 0.3) is 0 Å². The van der Waals surface area contributed by atoms with E-state index in [1.54, 1.807) is 0 Å². The van der Waals surface area contributed by atoms with Crippen molar-refractivity contribution >= 4 is 11.8 Å². The third-order valence-electron chi connectivity index (χ3n) is 3.76. The molecule has 1 aliphatic rings. The van der Waals surface area contributed by atoms with Crippen LogP contribution in [0.15, 0.2) is 24.3 Å². The summed E-state index contributed by atoms with van der Waals surface area (Å²) in [4.78, 5) is 25.6. The van der Waals surface area contributed by atoms with Gasteiger partial charge in [-0.3, -0.25) is 9.59 Å². The predicted octanol–water partition coefficient (Wildman–Crippen LogP) is 1.67. The van der Waals surface area contributed by atoms with Crippen LogP contribution in [0.2, 0.25) is 0 Å². The normalized spacial score (nSPS) is 14.9. The summed E-state index contributed by atoms with van der Waals surface area (Å²) in [5, 5.41) is 2.73. The number of piperidine rings is 1. The van der Waals surface area contributed by atoms with Crippen molar-refractivity contribution in [3.63, 3.8) is 0 Å². The molecule has 1 saturated heterocycles. The Morgan fingerprint density at radius 2 is 1.85 bits per heavy atom. The Bertz CT molecular complexity index is 479. The second-order valence-electron chi connectivity index (χ2n) is 5.32. The minimum Gasteiger partial charge on any atom is -0.347 e. The number of nitrogens with one attached hydrogen (secondary N) is 1. The Morgan fingerprint density at radius 1 is 1.15 bits per heavy atom. The van der Waals surface area contributed by atoms with Crippen molar-refractivity contribution in [2.45, 2.75) is 32.6 Å². The van der Waals surface area contributed by atoms with Gasteiger partial charge in [0.1, 0.15) is 0 Å². The van der Waals surface area contributed by atoms with Gasteiger partial charge in [0.05, 0.1) is 13.0 Å². The van der Waals surface area contributed by atoms with Crippen LogP contribution < -0.4 is 5.32 Å². The van der Waals surface area contributed by atoms with E-state index in [9.17, 15) is 9.59 Å². The zero-order valence-corrected chi connectivity index (χ0v) is 12.0. The van der Waals surface area contributed by atoms with Crippen LogP contribution in [-0.2, 0) is 16.0 Å². The molecule has 4 heteroatoms. The lowest BCUT2D eigenvalue weighted by atomic mass is 10.1. The molecule has 2 rings (SSSR count). The third kappa shape index (κ3) is 4.08. The van der Waals surface area contributed by atoms with Crippen LogP contribution in [0.1, 0.15) is 30.4 Å². The highest BCUT2D eigenvalue weighted by atomic mass is 16.2. The molecule has 1 aromatic carbocycles. The molecule has 0 aliphatic carbocycles. The molecule has 0 bridgehead atoms. The highest BCUT2D eigenvalue weighted by molar-refractivity contribution is 5.85. The Morgan fingerprint density at radius 3 is 2.55 bits per heavy atom. The summed E-state index contributed by atoms with van der Waals surface area (Å²) >= 11 is 0. The summed E-state index contributed by atoms with van der Waals surface area (Å²) in [5.74, 6) is -0.0625. The summed E-state index contributed by atoms with van der Waals surface area (Å²) in [6, 6.07) is 7.81. The van der Waals surface area contributed by atoms with Gasteiger partial charge in [0.2, 0.25) is 11.8 Å². The van der Waals surface area contributed by atoms with Crippen LogP contribution in [0.4, 0.5) is 0 Å². The number of nitrogens with zero attached hydrogens (tertiary/aromatic N) is 1. The highest BCUT2D eigenvalue weighted by Gasteiger charge is 2.16. The fourth-order valence-electron chi connectivity index (χ4n) is 2.47. The minimum absolute atomic E-state index is 0.0304. The molecule has 0 aromatic heterocycles. The monoisotopic (exact) mass is 274 g/mol. The molecule has 1 heterocycles. The molecule has 4 nitrogen and oxygen atoms in total. The van der Waals surface area contributed by atoms with Crippen LogP contribution >= 0.6 is 0 Å². The fourth-order valence-corrected chi connectivity index (χ4v) is 2.47. The second kappa shape index (κ2) is 7.08. The maximum atomic E-state index is 11.9. The van der Waals surface area contributed by atoms with Gasteiger partial charge >= 0.3 is 0 Å². The molecular weight excluding hydrogens is 252 g/mol. The van der Waals surface area contributed by atoms with Crippen LogP contribution in [0.5, 0.6) is 0 Å². The Labute approximate surface area is 120 Å². The van der Waals surface area contributed by atoms with E-state index in [4.69, 9.17) is 0 Å². The highest BCUT2D eigenvalue weighted by Crippen LogP contribution is 2.09. The summed E-state index contributed by atoms with van der Waals surface area (Å²) in [7, 11) is 0. The second-order valence-corrected chi connectivity index (χ2v) is 5.32. The molecule has 1 fully saturated rings. The van der Waals surface area contributed by atoms with Gasteiger partial charge in [0.25, 0.3) is 0 Å². The lowest BCUT2D eigenvalue weighted by Gasteiger charge is -2.26. The number of amides is 2. The predicted molar refractivity (Wildman–Crippen MR) is 78.3 cm³/mol. The number of carbonyl (C=O) groups is 2. The van der Waals surface area contributed by atoms with E-state index in [1.807, 2.05) is 36.1 Å². The molecule has 0 unspecified atom stereocenters. The number of benzene rings is 1. The quantitative estimate of drug-likeness (QED) is 0.908. The van der Waals surface area contributed by atoms with Crippen LogP contribution in [0.3, 0.4) is 0 Å². The SMILES string of the molecule is Cc1ccccc1CC(=O)NCC(=O)N1CCCCC1. The van der Waals surface area contributed by atoms with Crippen molar-refractivity contribution in [2.75, 3.05) is 19.6 Å². The van der Waals surface area contributed by atoms with E-state index >= 15 is 0 Å². The van der Waals surface area contributed by atoms with Crippen molar-refractivity contribution < 1.29 is 9.59 Å². The first-order valence-corrected chi connectivity index (χ1v) is 7.26. The zero-order chi connectivity index (χ0) is 14.4. The van der Waals surface area contributed by atoms with Crippen molar-refractivity contribution in [3.05, 3.63) is 35.4 Å². The molecule has 0 saturated carbocycles. The molecule has 1 aromatic rings. The van der Waals surface area contributed by atoms with Crippen molar-refractivity contribution in [3.8, 4) is 0 Å². The summed E-state index contributed by atoms with van der Waals surface area (Å²) in [6.45, 7) is 3.76. The number of rotatable bonds is 4. The molecular formula is C16H22N2O2. The number of likely N-dealkylation sites (tertiary alicyclic amines) is 1. The lowest BCUT2D eigenvalue weighted by Crippen LogP contribution is -2.42. The van der Waals surface area contributed by atoms with Gasteiger partial charge in [-0.05, 0) is 37.3 Å². The average Bonchev–Trinajstić information content (AvgIpc) is 2.48. The Balaban J connectivity index is 1.77. The van der Waals surface area contributed by atoms with Crippen molar-refractivity contribution in [2.24, 2.45) is 0 Å². The summed E-state index contributed by atoms with van der Waals surface area (Å²) in [5.41, 5.74) is 2.11. The topological polar surface area (TPSA) is 49.4 Å². The van der Waals surface area contributed by atoms with E-state index in [1.165, 1.54) is 6.42 Å². The molecule has 20 heavy (non-hydrogen) atoms. The average molecular weight is 274 g/mol. The van der Waals surface area contributed by atoms with E-state index < -0.39 is 0 Å². The third-order valence-corrected chi connectivity index (χ3v) is 3.76. The molecule has 0 spiro atoms. The standard InChI is InChI=1S/C16H22N2O2/c1-13-7-3-4-8-14(13)11-15(19)17-12-16(20)18-9-5-2-6-10-18/h3-4,7-8H,2,5-6,9-12H2,1H3,(H,17,19). The fraction of sp³-hybridized carbons (Fsp3) is 0.500. The maximum Gasteiger partial charge on any atom is 0.241 e. The van der Waals surface area contributed by atoms with Crippen LogP contribution in [-0.4, -0.2) is 36.3 Å². The number of hydrogen-bond donors (Lipinski definition) is 1. The first-order chi connectivity index (χ1) is 9.66. The maximum absolute atomic E-state index is 11.9. The molecule has 1 N–H and O–H groups in total. The molecule has 0 atom stereocenters. The van der Waals surface area contributed by atoms with Crippen LogP contribution in [0, 0.1) is 6.92 Å². The molecule has 1 aliphatic heterocycles. The van der Waals surface area contributed by atoms with Gasteiger partial charge in [-0.25, -0.2) is 0 Å². The summed E-state index contributed by atoms with van der Waals surface area (Å²) in [6.07, 6.45) is 3.68. The summed E-state index contributed by atoms with van der Waals surface area (Å²) < 4.78 is 0. The van der Waals surface area contributed by atoms with Gasteiger partial charge in [0, 0.05) is 13.1 Å². The smallest absolute Gasteiger partial charge is 0.241 e. The van der Waals surface area contributed by atoms with E-state index in [0.717, 1.165) is 37.1 Å². The lowest BCUT2D eigenvalue weighted by molar-refractivity contribution is -0.133. The van der Waals surface area contributed by atoms with Crippen molar-refractivity contribution in [1.29, 1.82) is 0 Å². The largest absolute Gasteiger partial charge is 0.347 e. The van der Waals surface area contributed by atoms with E-state index in [0.29, 0.717) is 6.42 Å². The van der Waals surface area contributed by atoms with Gasteiger partial charge < -0.3 is 10.2 Å². The van der Waals surface area contributed by atoms with Crippen molar-refractivity contribution in [1.82, 2.24) is 10.2 Å². The first-order valence-electron chi connectivity index (χ1n) is 7.26. The molecule has 108 valence electrons. The Kier molecular flexibility index (Phi) is 5.16. The number of carbonyl (C=O) groups excluding carboxylic acids is 2. The first kappa shape index (κ1) is 14.6. The Hall–Kier alpha value is -1.84. The zero-order valence-electron chi connectivity index (χ0n) is 12.0. The van der Waals surface area contributed by atoms with Gasteiger partial charge in [-0.15, -0.1) is 0 Å². The van der Waals surface area contributed by atoms with E-state index in [-0.39, 0.29) is 18.4 Å². The van der Waals surface area contributed by atoms with Gasteiger partial charge in [0.15, 0.2) is 0 Å². The number of hydrogen-bond acceptors (Lipinski definition) is 2. The molecule has 0 radical (unpaired) electrons. The van der Waals surface area contributed by atoms with Gasteiger partial charge in [-0.2, -0.15) is 0 Å². The van der Waals surface area contributed by atoms with Gasteiger partial charge in [-0.1, -0.05) is 24.3 Å². The minimum atomic E-state index is -0.0929. The number of aryl methyl sites for hydroxylation is 1. The molecule has 2 amide bonds. The van der Waals surface area contributed by atoms with E-state index in [2.05, 4.69) is 5.32 Å².